The number of halogens is 2. The molecule has 20 heavy (non-hydrogen) atoms. The maximum absolute atomic E-state index is 13.7. The second kappa shape index (κ2) is 5.69. The number of anilines is 1. The minimum absolute atomic E-state index is 0.187. The Balaban J connectivity index is 2.13. The Labute approximate surface area is 115 Å². The number of nitrogens with two attached hydrogens (primary N) is 1. The molecule has 0 heterocycles. The lowest BCUT2D eigenvalue weighted by molar-refractivity contribution is 0.0942. The standard InChI is InChI=1S/C15H14F2N2O/c1-9-2-4-10(5-3-9)8-19-15(20)13-11(16)6-7-12(18)14(13)17/h2-7H,8,18H2,1H3,(H,19,20). The van der Waals surface area contributed by atoms with Crippen LogP contribution in [-0.2, 0) is 6.54 Å². The first-order chi connectivity index (χ1) is 9.49. The van der Waals surface area contributed by atoms with Gasteiger partial charge in [0, 0.05) is 6.54 Å². The third-order valence-corrected chi connectivity index (χ3v) is 2.92. The minimum Gasteiger partial charge on any atom is -0.396 e. The zero-order chi connectivity index (χ0) is 14.7. The summed E-state index contributed by atoms with van der Waals surface area (Å²) >= 11 is 0. The fourth-order valence-corrected chi connectivity index (χ4v) is 1.75. The summed E-state index contributed by atoms with van der Waals surface area (Å²) in [5, 5.41) is 2.47. The Morgan fingerprint density at radius 1 is 1.15 bits per heavy atom. The highest BCUT2D eigenvalue weighted by Gasteiger charge is 2.19. The third kappa shape index (κ3) is 2.93. The first-order valence-corrected chi connectivity index (χ1v) is 6.06. The normalized spacial score (nSPS) is 10.3. The van der Waals surface area contributed by atoms with Crippen LogP contribution in [0.1, 0.15) is 21.5 Å². The van der Waals surface area contributed by atoms with E-state index < -0.39 is 23.1 Å². The Morgan fingerprint density at radius 3 is 2.45 bits per heavy atom. The number of nitrogen functional groups attached to an aromatic ring is 1. The van der Waals surface area contributed by atoms with E-state index in [0.717, 1.165) is 23.3 Å². The van der Waals surface area contributed by atoms with Crippen LogP contribution in [0.4, 0.5) is 14.5 Å². The number of aryl methyl sites for hydroxylation is 1. The maximum Gasteiger partial charge on any atom is 0.257 e. The van der Waals surface area contributed by atoms with Crippen molar-refractivity contribution in [2.24, 2.45) is 0 Å². The summed E-state index contributed by atoms with van der Waals surface area (Å²) in [5.41, 5.74) is 6.35. The van der Waals surface area contributed by atoms with Crippen LogP contribution in [0.5, 0.6) is 0 Å². The summed E-state index contributed by atoms with van der Waals surface area (Å²) in [6.07, 6.45) is 0. The molecule has 0 bridgehead atoms. The van der Waals surface area contributed by atoms with Gasteiger partial charge in [0.2, 0.25) is 0 Å². The molecular weight excluding hydrogens is 262 g/mol. The Kier molecular flexibility index (Phi) is 3.98. The highest BCUT2D eigenvalue weighted by molar-refractivity contribution is 5.95. The van der Waals surface area contributed by atoms with Gasteiger partial charge in [-0.2, -0.15) is 0 Å². The third-order valence-electron chi connectivity index (χ3n) is 2.92. The Morgan fingerprint density at radius 2 is 1.80 bits per heavy atom. The molecule has 2 rings (SSSR count). The molecule has 2 aromatic carbocycles. The number of hydrogen-bond acceptors (Lipinski definition) is 2. The smallest absolute Gasteiger partial charge is 0.257 e. The number of hydrogen-bond donors (Lipinski definition) is 2. The molecule has 2 aromatic rings. The molecule has 5 heteroatoms. The van der Waals surface area contributed by atoms with Crippen LogP contribution in [0.25, 0.3) is 0 Å². The van der Waals surface area contributed by atoms with Crippen LogP contribution in [0.2, 0.25) is 0 Å². The van der Waals surface area contributed by atoms with Crippen molar-refractivity contribution in [2.75, 3.05) is 5.73 Å². The van der Waals surface area contributed by atoms with Gasteiger partial charge in [-0.25, -0.2) is 8.78 Å². The number of carbonyl (C=O) groups excluding carboxylic acids is 1. The van der Waals surface area contributed by atoms with Crippen molar-refractivity contribution < 1.29 is 13.6 Å². The Bertz CT molecular complexity index is 639. The highest BCUT2D eigenvalue weighted by atomic mass is 19.1. The van der Waals surface area contributed by atoms with Crippen LogP contribution < -0.4 is 11.1 Å². The molecule has 0 fully saturated rings. The molecule has 0 aliphatic heterocycles. The fourth-order valence-electron chi connectivity index (χ4n) is 1.75. The summed E-state index contributed by atoms with van der Waals surface area (Å²) in [6, 6.07) is 9.51. The number of amides is 1. The second-order valence-corrected chi connectivity index (χ2v) is 4.49. The lowest BCUT2D eigenvalue weighted by Gasteiger charge is -2.08. The predicted octanol–water partition coefficient (Wildman–Crippen LogP) is 2.79. The van der Waals surface area contributed by atoms with Gasteiger partial charge in [-0.1, -0.05) is 29.8 Å². The molecule has 0 unspecified atom stereocenters. The molecule has 104 valence electrons. The van der Waals surface area contributed by atoms with E-state index >= 15 is 0 Å². The number of benzene rings is 2. The Hall–Kier alpha value is -2.43. The first-order valence-electron chi connectivity index (χ1n) is 6.06. The van der Waals surface area contributed by atoms with E-state index in [1.807, 2.05) is 31.2 Å². The lowest BCUT2D eigenvalue weighted by Crippen LogP contribution is -2.25. The minimum atomic E-state index is -1.04. The second-order valence-electron chi connectivity index (χ2n) is 4.49. The van der Waals surface area contributed by atoms with Gasteiger partial charge in [-0.05, 0) is 24.6 Å². The number of rotatable bonds is 3. The van der Waals surface area contributed by atoms with Gasteiger partial charge in [-0.3, -0.25) is 4.79 Å². The molecule has 0 saturated carbocycles. The molecule has 0 aliphatic carbocycles. The van der Waals surface area contributed by atoms with Gasteiger partial charge in [-0.15, -0.1) is 0 Å². The van der Waals surface area contributed by atoms with Crippen LogP contribution >= 0.6 is 0 Å². The van der Waals surface area contributed by atoms with Gasteiger partial charge in [0.25, 0.3) is 5.91 Å². The molecule has 3 N–H and O–H groups in total. The van der Waals surface area contributed by atoms with Crippen LogP contribution in [-0.4, -0.2) is 5.91 Å². The van der Waals surface area contributed by atoms with E-state index in [9.17, 15) is 13.6 Å². The van der Waals surface area contributed by atoms with Crippen LogP contribution in [0.15, 0.2) is 36.4 Å². The lowest BCUT2D eigenvalue weighted by atomic mass is 10.1. The van der Waals surface area contributed by atoms with E-state index in [-0.39, 0.29) is 12.2 Å². The van der Waals surface area contributed by atoms with E-state index in [0.29, 0.717) is 0 Å². The van der Waals surface area contributed by atoms with Crippen molar-refractivity contribution in [3.8, 4) is 0 Å². The number of nitrogens with one attached hydrogen (secondary N) is 1. The van der Waals surface area contributed by atoms with Crippen molar-refractivity contribution in [1.29, 1.82) is 0 Å². The molecule has 0 spiro atoms. The SMILES string of the molecule is Cc1ccc(CNC(=O)c2c(F)ccc(N)c2F)cc1. The molecule has 0 aromatic heterocycles. The first kappa shape index (κ1) is 14.0. The van der Waals surface area contributed by atoms with Gasteiger partial charge < -0.3 is 11.1 Å². The molecule has 3 nitrogen and oxygen atoms in total. The zero-order valence-corrected chi connectivity index (χ0v) is 10.9. The molecule has 0 saturated heterocycles. The van der Waals surface area contributed by atoms with Crippen molar-refractivity contribution >= 4 is 11.6 Å². The molecule has 1 amide bonds. The summed E-state index contributed by atoms with van der Waals surface area (Å²) in [6.45, 7) is 2.13. The quantitative estimate of drug-likeness (QED) is 0.847. The predicted molar refractivity (Wildman–Crippen MR) is 73.1 cm³/mol. The highest BCUT2D eigenvalue weighted by Crippen LogP contribution is 2.18. The van der Waals surface area contributed by atoms with Crippen LogP contribution in [0, 0.1) is 18.6 Å². The largest absolute Gasteiger partial charge is 0.396 e. The van der Waals surface area contributed by atoms with Gasteiger partial charge in [0.1, 0.15) is 11.4 Å². The zero-order valence-electron chi connectivity index (χ0n) is 10.9. The van der Waals surface area contributed by atoms with Gasteiger partial charge >= 0.3 is 0 Å². The van der Waals surface area contributed by atoms with Crippen molar-refractivity contribution in [3.63, 3.8) is 0 Å². The summed E-state index contributed by atoms with van der Waals surface area (Å²) in [7, 11) is 0. The fraction of sp³-hybridized carbons (Fsp3) is 0.133. The molecule has 0 radical (unpaired) electrons. The molecule has 0 atom stereocenters. The molecular formula is C15H14F2N2O. The summed E-state index contributed by atoms with van der Waals surface area (Å²) in [5.74, 6) is -2.79. The topological polar surface area (TPSA) is 55.1 Å². The van der Waals surface area contributed by atoms with Crippen LogP contribution in [0.3, 0.4) is 0 Å². The van der Waals surface area contributed by atoms with E-state index in [1.165, 1.54) is 0 Å². The van der Waals surface area contributed by atoms with E-state index in [2.05, 4.69) is 5.32 Å². The summed E-state index contributed by atoms with van der Waals surface area (Å²) < 4.78 is 27.2. The average Bonchev–Trinajstić information content (AvgIpc) is 2.43. The van der Waals surface area contributed by atoms with Crippen molar-refractivity contribution in [1.82, 2.24) is 5.32 Å². The van der Waals surface area contributed by atoms with Gasteiger partial charge in [0.05, 0.1) is 5.69 Å². The summed E-state index contributed by atoms with van der Waals surface area (Å²) in [4.78, 5) is 11.8. The maximum atomic E-state index is 13.7. The monoisotopic (exact) mass is 276 g/mol. The van der Waals surface area contributed by atoms with E-state index in [4.69, 9.17) is 5.73 Å². The number of carbonyl (C=O) groups is 1. The molecule has 0 aliphatic rings. The average molecular weight is 276 g/mol. The van der Waals surface area contributed by atoms with Crippen molar-refractivity contribution in [3.05, 3.63) is 64.7 Å². The van der Waals surface area contributed by atoms with Crippen molar-refractivity contribution in [2.45, 2.75) is 13.5 Å². The van der Waals surface area contributed by atoms with E-state index in [1.54, 1.807) is 0 Å². The van der Waals surface area contributed by atoms with Gasteiger partial charge in [0.15, 0.2) is 5.82 Å².